The van der Waals surface area contributed by atoms with E-state index >= 15 is 0 Å². The van der Waals surface area contributed by atoms with E-state index in [1.54, 1.807) is 0 Å². The molecule has 0 atom stereocenters. The number of hydroxylamine groups is 1. The van der Waals surface area contributed by atoms with E-state index in [4.69, 9.17) is 9.79 Å². The summed E-state index contributed by atoms with van der Waals surface area (Å²) in [5, 5.41) is 0. The predicted molar refractivity (Wildman–Crippen MR) is 40.7 cm³/mol. The van der Waals surface area contributed by atoms with E-state index in [-0.39, 0.29) is 0 Å². The van der Waals surface area contributed by atoms with Gasteiger partial charge in [0.05, 0.1) is 0 Å². The quantitative estimate of drug-likeness (QED) is 0.322. The Balaban J connectivity index is 3.09. The van der Waals surface area contributed by atoms with Crippen molar-refractivity contribution in [2.75, 3.05) is 6.54 Å². The number of rotatable bonds is 6. The third-order valence-electron chi connectivity index (χ3n) is 1.07. The number of phosphoric acid groups is 1. The maximum atomic E-state index is 10.1. The summed E-state index contributed by atoms with van der Waals surface area (Å²) in [6, 6.07) is 0. The number of unbranched alkanes of at least 4 members (excludes halogenated alkanes) is 2. The first kappa shape index (κ1) is 11.1. The van der Waals surface area contributed by atoms with E-state index in [0.717, 1.165) is 19.3 Å². The van der Waals surface area contributed by atoms with Crippen molar-refractivity contribution < 1.29 is 19.0 Å². The fraction of sp³-hybridized carbons (Fsp3) is 1.00. The summed E-state index contributed by atoms with van der Waals surface area (Å²) in [6.07, 6.45) is 2.95. The van der Waals surface area contributed by atoms with Crippen molar-refractivity contribution >= 4 is 7.82 Å². The predicted octanol–water partition coefficient (Wildman–Crippen LogP) is 0.790. The molecule has 0 spiro atoms. The summed E-state index contributed by atoms with van der Waals surface area (Å²) in [7, 11) is -4.33. The molecule has 0 radical (unpaired) electrons. The Morgan fingerprint density at radius 1 is 1.45 bits per heavy atom. The molecule has 11 heavy (non-hydrogen) atoms. The normalized spacial score (nSPS) is 11.9. The molecular formula is C5H14NO4P. The Morgan fingerprint density at radius 2 is 2.09 bits per heavy atom. The number of nitrogens with one attached hydrogen (secondary N) is 1. The minimum absolute atomic E-state index is 0.471. The minimum atomic E-state index is -4.33. The van der Waals surface area contributed by atoms with Gasteiger partial charge in [0, 0.05) is 6.54 Å². The van der Waals surface area contributed by atoms with Crippen LogP contribution in [0.25, 0.3) is 0 Å². The molecule has 0 aromatic rings. The molecule has 0 amide bonds. The molecule has 0 aliphatic carbocycles. The van der Waals surface area contributed by atoms with Crippen LogP contribution in [0.3, 0.4) is 0 Å². The van der Waals surface area contributed by atoms with Crippen molar-refractivity contribution in [3.8, 4) is 0 Å². The first-order chi connectivity index (χ1) is 5.06. The lowest BCUT2D eigenvalue weighted by Crippen LogP contribution is -2.13. The Morgan fingerprint density at radius 3 is 2.55 bits per heavy atom. The van der Waals surface area contributed by atoms with Gasteiger partial charge in [0.25, 0.3) is 0 Å². The summed E-state index contributed by atoms with van der Waals surface area (Å²) in [5.74, 6) is 0. The SMILES string of the molecule is CCCCCNOP(=O)(O)O. The molecule has 68 valence electrons. The molecule has 0 saturated heterocycles. The third kappa shape index (κ3) is 10.1. The highest BCUT2D eigenvalue weighted by Gasteiger charge is 2.12. The standard InChI is InChI=1S/C5H14NO4P/c1-2-3-4-5-6-10-11(7,8)9/h6H,2-5H2,1H3,(H2,7,8,9). The van der Waals surface area contributed by atoms with Gasteiger partial charge >= 0.3 is 7.82 Å². The molecule has 0 heterocycles. The van der Waals surface area contributed by atoms with Gasteiger partial charge in [-0.2, -0.15) is 10.1 Å². The van der Waals surface area contributed by atoms with Crippen LogP contribution in [0.5, 0.6) is 0 Å². The highest BCUT2D eigenvalue weighted by atomic mass is 31.2. The van der Waals surface area contributed by atoms with Crippen molar-refractivity contribution in [3.63, 3.8) is 0 Å². The molecular weight excluding hydrogens is 169 g/mol. The summed E-state index contributed by atoms with van der Waals surface area (Å²) in [4.78, 5) is 16.4. The van der Waals surface area contributed by atoms with Crippen molar-refractivity contribution in [1.82, 2.24) is 5.48 Å². The van der Waals surface area contributed by atoms with Crippen LogP contribution in [0, 0.1) is 0 Å². The van der Waals surface area contributed by atoms with Gasteiger partial charge in [0.1, 0.15) is 0 Å². The first-order valence-electron chi connectivity index (χ1n) is 3.53. The second-order valence-corrected chi connectivity index (χ2v) is 3.35. The summed E-state index contributed by atoms with van der Waals surface area (Å²) in [5.41, 5.74) is 2.20. The highest BCUT2D eigenvalue weighted by molar-refractivity contribution is 7.46. The van der Waals surface area contributed by atoms with E-state index < -0.39 is 7.82 Å². The third-order valence-corrected chi connectivity index (χ3v) is 1.43. The molecule has 0 bridgehead atoms. The van der Waals surface area contributed by atoms with Crippen LogP contribution in [0.1, 0.15) is 26.2 Å². The van der Waals surface area contributed by atoms with E-state index in [1.165, 1.54) is 0 Å². The molecule has 0 rings (SSSR count). The topological polar surface area (TPSA) is 78.8 Å². The largest absolute Gasteiger partial charge is 0.486 e. The van der Waals surface area contributed by atoms with E-state index in [1.807, 2.05) is 6.92 Å². The zero-order valence-corrected chi connectivity index (χ0v) is 7.38. The van der Waals surface area contributed by atoms with Gasteiger partial charge < -0.3 is 9.79 Å². The molecule has 0 aliphatic heterocycles. The van der Waals surface area contributed by atoms with E-state index in [0.29, 0.717) is 6.54 Å². The fourth-order valence-corrected chi connectivity index (χ4v) is 0.836. The number of hydrogen-bond acceptors (Lipinski definition) is 3. The van der Waals surface area contributed by atoms with Gasteiger partial charge in [-0.15, -0.1) is 0 Å². The Kier molecular flexibility index (Phi) is 5.72. The summed E-state index contributed by atoms with van der Waals surface area (Å²) < 4.78 is 14.1. The van der Waals surface area contributed by atoms with E-state index in [2.05, 4.69) is 10.1 Å². The molecule has 6 heteroatoms. The van der Waals surface area contributed by atoms with Crippen molar-refractivity contribution in [3.05, 3.63) is 0 Å². The molecule has 0 aromatic heterocycles. The van der Waals surface area contributed by atoms with Crippen LogP contribution >= 0.6 is 7.82 Å². The van der Waals surface area contributed by atoms with Gasteiger partial charge in [0.2, 0.25) is 0 Å². The minimum Gasteiger partial charge on any atom is -0.302 e. The average Bonchev–Trinajstić information content (AvgIpc) is 1.85. The second-order valence-electron chi connectivity index (χ2n) is 2.18. The maximum Gasteiger partial charge on any atom is 0.486 e. The van der Waals surface area contributed by atoms with Crippen molar-refractivity contribution in [2.45, 2.75) is 26.2 Å². The van der Waals surface area contributed by atoms with Gasteiger partial charge in [-0.3, -0.25) is 0 Å². The van der Waals surface area contributed by atoms with Gasteiger partial charge in [0.15, 0.2) is 0 Å². The lowest BCUT2D eigenvalue weighted by atomic mass is 10.3. The van der Waals surface area contributed by atoms with Crippen LogP contribution in [-0.2, 0) is 9.19 Å². The van der Waals surface area contributed by atoms with Crippen molar-refractivity contribution in [2.24, 2.45) is 0 Å². The smallest absolute Gasteiger partial charge is 0.302 e. The highest BCUT2D eigenvalue weighted by Crippen LogP contribution is 2.33. The van der Waals surface area contributed by atoms with Crippen LogP contribution in [0.2, 0.25) is 0 Å². The lowest BCUT2D eigenvalue weighted by Gasteiger charge is -2.04. The summed E-state index contributed by atoms with van der Waals surface area (Å²) in [6.45, 7) is 2.52. The molecule has 0 aliphatic rings. The maximum absolute atomic E-state index is 10.1. The Bertz CT molecular complexity index is 134. The lowest BCUT2D eigenvalue weighted by molar-refractivity contribution is 0.124. The average molecular weight is 183 g/mol. The van der Waals surface area contributed by atoms with Crippen LogP contribution < -0.4 is 5.48 Å². The Labute approximate surface area is 66.0 Å². The fourth-order valence-electron chi connectivity index (χ4n) is 0.577. The monoisotopic (exact) mass is 183 g/mol. The molecule has 3 N–H and O–H groups in total. The van der Waals surface area contributed by atoms with Crippen molar-refractivity contribution in [1.29, 1.82) is 0 Å². The Hall–Kier alpha value is 0.0700. The molecule has 0 unspecified atom stereocenters. The van der Waals surface area contributed by atoms with Crippen LogP contribution in [-0.4, -0.2) is 16.3 Å². The first-order valence-corrected chi connectivity index (χ1v) is 5.06. The van der Waals surface area contributed by atoms with Gasteiger partial charge in [-0.05, 0) is 6.42 Å². The molecule has 0 fully saturated rings. The number of hydrogen-bond donors (Lipinski definition) is 3. The summed E-state index contributed by atoms with van der Waals surface area (Å²) >= 11 is 0. The van der Waals surface area contributed by atoms with Gasteiger partial charge in [-0.1, -0.05) is 19.8 Å². The molecule has 0 saturated carbocycles. The zero-order chi connectivity index (χ0) is 8.74. The van der Waals surface area contributed by atoms with Crippen LogP contribution in [0.15, 0.2) is 0 Å². The molecule has 5 nitrogen and oxygen atoms in total. The molecule has 0 aromatic carbocycles. The second kappa shape index (κ2) is 5.69. The van der Waals surface area contributed by atoms with Crippen LogP contribution in [0.4, 0.5) is 0 Å². The zero-order valence-electron chi connectivity index (χ0n) is 6.49. The van der Waals surface area contributed by atoms with Gasteiger partial charge in [-0.25, -0.2) is 4.57 Å². The van der Waals surface area contributed by atoms with E-state index in [9.17, 15) is 4.57 Å².